The Morgan fingerprint density at radius 2 is 1.56 bits per heavy atom. The van der Waals surface area contributed by atoms with Crippen LogP contribution in [0.4, 0.5) is 11.4 Å². The van der Waals surface area contributed by atoms with E-state index in [0.29, 0.717) is 5.69 Å². The normalized spacial score (nSPS) is 18.5. The zero-order valence-electron chi connectivity index (χ0n) is 15.8. The first-order chi connectivity index (χ1) is 13.0. The van der Waals surface area contributed by atoms with E-state index in [4.69, 9.17) is 0 Å². The van der Waals surface area contributed by atoms with Crippen molar-refractivity contribution >= 4 is 21.4 Å². The van der Waals surface area contributed by atoms with Gasteiger partial charge in [0.2, 0.25) is 10.0 Å². The molecule has 0 bridgehead atoms. The molecule has 2 aromatic rings. The maximum absolute atomic E-state index is 12.4. The van der Waals surface area contributed by atoms with Crippen molar-refractivity contribution in [1.82, 2.24) is 4.90 Å². The molecule has 2 aromatic carbocycles. The first kappa shape index (κ1) is 18.3. The Bertz CT molecular complexity index is 867. The molecule has 1 saturated carbocycles. The average Bonchev–Trinajstić information content (AvgIpc) is 3.49. The lowest BCUT2D eigenvalue weighted by atomic mass is 10.2. The summed E-state index contributed by atoms with van der Waals surface area (Å²) in [6, 6.07) is 16.2. The third kappa shape index (κ3) is 4.82. The number of piperazine rings is 1. The van der Waals surface area contributed by atoms with Crippen molar-refractivity contribution in [2.24, 2.45) is 0 Å². The lowest BCUT2D eigenvalue weighted by molar-refractivity contribution is 0.248. The number of nitrogens with one attached hydrogen (secondary N) is 1. The van der Waals surface area contributed by atoms with Gasteiger partial charge in [0.05, 0.1) is 5.75 Å². The topological polar surface area (TPSA) is 52.7 Å². The van der Waals surface area contributed by atoms with Gasteiger partial charge in [-0.2, -0.15) is 0 Å². The largest absolute Gasteiger partial charge is 0.369 e. The molecule has 0 amide bonds. The summed E-state index contributed by atoms with van der Waals surface area (Å²) in [6.07, 6.45) is 2.72. The average molecular weight is 386 g/mol. The third-order valence-electron chi connectivity index (χ3n) is 5.36. The summed E-state index contributed by atoms with van der Waals surface area (Å²) in [5.41, 5.74) is 3.69. The lowest BCUT2D eigenvalue weighted by Crippen LogP contribution is -2.47. The molecule has 5 nitrogen and oxygen atoms in total. The van der Waals surface area contributed by atoms with E-state index < -0.39 is 10.0 Å². The van der Waals surface area contributed by atoms with Crippen LogP contribution in [0, 0.1) is 6.92 Å². The molecule has 1 aliphatic heterocycles. The van der Waals surface area contributed by atoms with Crippen LogP contribution in [0.15, 0.2) is 48.5 Å². The molecule has 2 aliphatic rings. The van der Waals surface area contributed by atoms with Gasteiger partial charge in [-0.1, -0.05) is 29.8 Å². The summed E-state index contributed by atoms with van der Waals surface area (Å²) < 4.78 is 27.5. The quantitative estimate of drug-likeness (QED) is 0.830. The van der Waals surface area contributed by atoms with E-state index in [2.05, 4.69) is 14.5 Å². The molecule has 2 fully saturated rings. The van der Waals surface area contributed by atoms with Gasteiger partial charge in [-0.25, -0.2) is 8.42 Å². The molecular weight excluding hydrogens is 358 g/mol. The highest BCUT2D eigenvalue weighted by Crippen LogP contribution is 2.28. The van der Waals surface area contributed by atoms with Crippen molar-refractivity contribution < 1.29 is 8.42 Å². The molecule has 1 saturated heterocycles. The van der Waals surface area contributed by atoms with Crippen molar-refractivity contribution in [3.63, 3.8) is 0 Å². The van der Waals surface area contributed by atoms with E-state index >= 15 is 0 Å². The van der Waals surface area contributed by atoms with Crippen molar-refractivity contribution in [2.45, 2.75) is 31.6 Å². The Morgan fingerprint density at radius 3 is 2.15 bits per heavy atom. The number of hydrogen-bond acceptors (Lipinski definition) is 4. The monoisotopic (exact) mass is 385 g/mol. The summed E-state index contributed by atoms with van der Waals surface area (Å²) in [4.78, 5) is 4.97. The van der Waals surface area contributed by atoms with Crippen LogP contribution in [0.1, 0.15) is 24.0 Å². The molecule has 0 radical (unpaired) electrons. The van der Waals surface area contributed by atoms with Gasteiger partial charge in [-0.05, 0) is 49.6 Å². The second-order valence-corrected chi connectivity index (χ2v) is 9.37. The molecule has 0 atom stereocenters. The van der Waals surface area contributed by atoms with Crippen molar-refractivity contribution in [2.75, 3.05) is 35.8 Å². The molecule has 27 heavy (non-hydrogen) atoms. The second kappa shape index (κ2) is 7.52. The van der Waals surface area contributed by atoms with Crippen LogP contribution >= 0.6 is 0 Å². The molecule has 4 rings (SSSR count). The Hall–Kier alpha value is -2.05. The van der Waals surface area contributed by atoms with Gasteiger partial charge in [-0.15, -0.1) is 0 Å². The van der Waals surface area contributed by atoms with Crippen molar-refractivity contribution in [3.8, 4) is 0 Å². The predicted octanol–water partition coefficient (Wildman–Crippen LogP) is 3.22. The molecule has 144 valence electrons. The zero-order chi connectivity index (χ0) is 18.9. The highest BCUT2D eigenvalue weighted by atomic mass is 32.2. The van der Waals surface area contributed by atoms with Gasteiger partial charge in [0.1, 0.15) is 0 Å². The van der Waals surface area contributed by atoms with Gasteiger partial charge in [-0.3, -0.25) is 9.62 Å². The fraction of sp³-hybridized carbons (Fsp3) is 0.429. The minimum atomic E-state index is -3.42. The Morgan fingerprint density at radius 1 is 0.926 bits per heavy atom. The molecule has 0 spiro atoms. The minimum absolute atomic E-state index is 0.0157. The van der Waals surface area contributed by atoms with Crippen LogP contribution < -0.4 is 9.62 Å². The van der Waals surface area contributed by atoms with Crippen LogP contribution in [0.2, 0.25) is 0 Å². The number of hydrogen-bond donors (Lipinski definition) is 1. The highest BCUT2D eigenvalue weighted by Gasteiger charge is 2.31. The molecule has 6 heteroatoms. The van der Waals surface area contributed by atoms with Crippen LogP contribution in [0.3, 0.4) is 0 Å². The standard InChI is InChI=1S/C21H27N3O2S/c1-17-2-4-18(5-3-17)16-27(25,26)22-19-6-8-20(9-7-19)23-12-14-24(15-13-23)21-10-11-21/h2-9,21-22H,10-16H2,1H3. The van der Waals surface area contributed by atoms with Crippen molar-refractivity contribution in [3.05, 3.63) is 59.7 Å². The molecule has 0 unspecified atom stereocenters. The molecule has 0 aromatic heterocycles. The Labute approximate surface area is 162 Å². The Balaban J connectivity index is 1.35. The predicted molar refractivity (Wildman–Crippen MR) is 111 cm³/mol. The van der Waals surface area contributed by atoms with Gasteiger partial charge < -0.3 is 4.90 Å². The SMILES string of the molecule is Cc1ccc(CS(=O)(=O)Nc2ccc(N3CCN(C4CC4)CC3)cc2)cc1. The minimum Gasteiger partial charge on any atom is -0.369 e. The molecule has 1 aliphatic carbocycles. The number of anilines is 2. The maximum atomic E-state index is 12.4. The fourth-order valence-corrected chi connectivity index (χ4v) is 4.84. The molecule has 1 heterocycles. The first-order valence-electron chi connectivity index (χ1n) is 9.64. The summed E-state index contributed by atoms with van der Waals surface area (Å²) in [6.45, 7) is 6.30. The van der Waals surface area contributed by atoms with E-state index in [-0.39, 0.29) is 5.75 Å². The third-order valence-corrected chi connectivity index (χ3v) is 6.62. The van der Waals surface area contributed by atoms with Gasteiger partial charge in [0.15, 0.2) is 0 Å². The van der Waals surface area contributed by atoms with E-state index in [9.17, 15) is 8.42 Å². The summed E-state index contributed by atoms with van der Waals surface area (Å²) in [5.74, 6) is -0.0157. The van der Waals surface area contributed by atoms with E-state index in [1.807, 2.05) is 55.5 Å². The van der Waals surface area contributed by atoms with Gasteiger partial charge >= 0.3 is 0 Å². The van der Waals surface area contributed by atoms with E-state index in [1.165, 1.54) is 12.8 Å². The molecule has 1 N–H and O–H groups in total. The second-order valence-electron chi connectivity index (χ2n) is 7.65. The van der Waals surface area contributed by atoms with E-state index in [0.717, 1.165) is 49.0 Å². The van der Waals surface area contributed by atoms with Crippen LogP contribution in [0.25, 0.3) is 0 Å². The number of benzene rings is 2. The zero-order valence-corrected chi connectivity index (χ0v) is 16.6. The summed E-state index contributed by atoms with van der Waals surface area (Å²) in [7, 11) is -3.42. The van der Waals surface area contributed by atoms with Crippen LogP contribution in [-0.2, 0) is 15.8 Å². The van der Waals surface area contributed by atoms with Crippen LogP contribution in [0.5, 0.6) is 0 Å². The van der Waals surface area contributed by atoms with Gasteiger partial charge in [0, 0.05) is 43.6 Å². The smallest absolute Gasteiger partial charge is 0.236 e. The Kier molecular flexibility index (Phi) is 5.10. The number of aryl methyl sites for hydroxylation is 1. The number of nitrogens with zero attached hydrogens (tertiary/aromatic N) is 2. The fourth-order valence-electron chi connectivity index (χ4n) is 3.64. The lowest BCUT2D eigenvalue weighted by Gasteiger charge is -2.36. The van der Waals surface area contributed by atoms with Gasteiger partial charge in [0.25, 0.3) is 0 Å². The summed E-state index contributed by atoms with van der Waals surface area (Å²) in [5, 5.41) is 0. The first-order valence-corrected chi connectivity index (χ1v) is 11.3. The maximum Gasteiger partial charge on any atom is 0.236 e. The molecular formula is C21H27N3O2S. The number of sulfonamides is 1. The van der Waals surface area contributed by atoms with Crippen LogP contribution in [-0.4, -0.2) is 45.5 Å². The van der Waals surface area contributed by atoms with Crippen molar-refractivity contribution in [1.29, 1.82) is 0 Å². The van der Waals surface area contributed by atoms with E-state index in [1.54, 1.807) is 0 Å². The highest BCUT2D eigenvalue weighted by molar-refractivity contribution is 7.91. The number of rotatable bonds is 6. The summed E-state index contributed by atoms with van der Waals surface area (Å²) >= 11 is 0.